The van der Waals surface area contributed by atoms with E-state index in [1.165, 1.54) is 6.20 Å². The first-order chi connectivity index (χ1) is 4.24. The van der Waals surface area contributed by atoms with E-state index in [9.17, 15) is 4.79 Å². The van der Waals surface area contributed by atoms with E-state index >= 15 is 0 Å². The molecule has 1 unspecified atom stereocenters. The van der Waals surface area contributed by atoms with E-state index in [1.807, 2.05) is 4.67 Å². The number of ketones is 1. The summed E-state index contributed by atoms with van der Waals surface area (Å²) in [5.74, 6) is 0.132. The van der Waals surface area contributed by atoms with Gasteiger partial charge in [0.25, 0.3) is 0 Å². The fourth-order valence-corrected chi connectivity index (χ4v) is 1.16. The second-order valence-corrected chi connectivity index (χ2v) is 2.75. The number of nitrogens with two attached hydrogens (primary N) is 1. The van der Waals surface area contributed by atoms with Crippen LogP contribution in [-0.2, 0) is 4.79 Å². The van der Waals surface area contributed by atoms with Gasteiger partial charge in [0.05, 0.1) is 6.54 Å². The van der Waals surface area contributed by atoms with Crippen molar-refractivity contribution in [2.75, 3.05) is 13.1 Å². The molecule has 1 aliphatic rings. The maximum absolute atomic E-state index is 10.8. The van der Waals surface area contributed by atoms with Gasteiger partial charge in [-0.2, -0.15) is 0 Å². The Hall–Kier alpha value is -0.400. The van der Waals surface area contributed by atoms with Gasteiger partial charge in [0.15, 0.2) is 5.78 Å². The maximum Gasteiger partial charge on any atom is 0.175 e. The summed E-state index contributed by atoms with van der Waals surface area (Å²) < 4.78 is 1.85. The van der Waals surface area contributed by atoms with Crippen molar-refractivity contribution in [1.82, 2.24) is 4.67 Å². The number of Topliss-reactive ketones (excluding diaryl/α,β-unsaturated/α-hetero) is 1. The summed E-state index contributed by atoms with van der Waals surface area (Å²) in [5.41, 5.74) is 5.88. The Bertz CT molecular complexity index is 166. The summed E-state index contributed by atoms with van der Waals surface area (Å²) in [6.07, 6.45) is 1.38. The van der Waals surface area contributed by atoms with Crippen molar-refractivity contribution in [3.63, 3.8) is 0 Å². The standard InChI is InChI=1S/C5H9N2OP/c6-1-4-2-7(9)3-5(4)8/h1H,2-3,6,9H2. The molecule has 0 aliphatic carbocycles. The van der Waals surface area contributed by atoms with Crippen molar-refractivity contribution in [3.05, 3.63) is 11.8 Å². The smallest absolute Gasteiger partial charge is 0.175 e. The van der Waals surface area contributed by atoms with Gasteiger partial charge < -0.3 is 5.73 Å². The highest BCUT2D eigenvalue weighted by Gasteiger charge is 2.20. The van der Waals surface area contributed by atoms with Crippen LogP contribution in [0.25, 0.3) is 0 Å². The maximum atomic E-state index is 10.8. The van der Waals surface area contributed by atoms with E-state index in [0.717, 1.165) is 0 Å². The summed E-state index contributed by atoms with van der Waals surface area (Å²) in [5, 5.41) is 0. The fraction of sp³-hybridized carbons (Fsp3) is 0.400. The fourth-order valence-electron chi connectivity index (χ4n) is 0.795. The number of carbonyl (C=O) groups excluding carboxylic acids is 1. The lowest BCUT2D eigenvalue weighted by atomic mass is 10.2. The third-order valence-electron chi connectivity index (χ3n) is 1.28. The predicted octanol–water partition coefficient (Wildman–Crippen LogP) is -0.496. The average molecular weight is 144 g/mol. The normalized spacial score (nSPS) is 25.9. The lowest BCUT2D eigenvalue weighted by Crippen LogP contribution is -2.05. The van der Waals surface area contributed by atoms with Crippen LogP contribution < -0.4 is 5.73 Å². The van der Waals surface area contributed by atoms with Gasteiger partial charge in [0, 0.05) is 18.3 Å². The highest BCUT2D eigenvalue weighted by molar-refractivity contribution is 7.13. The summed E-state index contributed by atoms with van der Waals surface area (Å²) in [6.45, 7) is 1.15. The van der Waals surface area contributed by atoms with Crippen LogP contribution in [0.3, 0.4) is 0 Å². The molecular formula is C5H9N2OP. The Morgan fingerprint density at radius 1 is 1.67 bits per heavy atom. The molecule has 1 aliphatic heterocycles. The first-order valence-electron chi connectivity index (χ1n) is 2.67. The highest BCUT2D eigenvalue weighted by atomic mass is 31.0. The van der Waals surface area contributed by atoms with E-state index in [1.54, 1.807) is 0 Å². The Labute approximate surface area is 56.2 Å². The monoisotopic (exact) mass is 144 g/mol. The van der Waals surface area contributed by atoms with Gasteiger partial charge in [0.2, 0.25) is 0 Å². The van der Waals surface area contributed by atoms with E-state index in [0.29, 0.717) is 18.7 Å². The highest BCUT2D eigenvalue weighted by Crippen LogP contribution is 2.13. The van der Waals surface area contributed by atoms with Gasteiger partial charge in [-0.25, -0.2) is 0 Å². The van der Waals surface area contributed by atoms with Crippen molar-refractivity contribution in [1.29, 1.82) is 0 Å². The molecule has 2 N–H and O–H groups in total. The van der Waals surface area contributed by atoms with Crippen LogP contribution in [0.4, 0.5) is 0 Å². The van der Waals surface area contributed by atoms with Crippen LogP contribution in [0.2, 0.25) is 0 Å². The van der Waals surface area contributed by atoms with Crippen LogP contribution in [-0.4, -0.2) is 23.5 Å². The topological polar surface area (TPSA) is 46.3 Å². The van der Waals surface area contributed by atoms with Gasteiger partial charge in [0.1, 0.15) is 0 Å². The molecule has 0 spiro atoms. The van der Waals surface area contributed by atoms with E-state index < -0.39 is 0 Å². The van der Waals surface area contributed by atoms with Crippen molar-refractivity contribution >= 4 is 15.2 Å². The van der Waals surface area contributed by atoms with Gasteiger partial charge in [-0.3, -0.25) is 9.46 Å². The minimum atomic E-state index is 0.132. The number of carbonyl (C=O) groups is 1. The molecule has 0 aromatic rings. The van der Waals surface area contributed by atoms with E-state index in [2.05, 4.69) is 9.39 Å². The first-order valence-corrected chi connectivity index (χ1v) is 3.19. The minimum Gasteiger partial charge on any atom is -0.404 e. The van der Waals surface area contributed by atoms with Gasteiger partial charge >= 0.3 is 0 Å². The molecule has 4 heteroatoms. The molecule has 0 bridgehead atoms. The molecule has 1 fully saturated rings. The van der Waals surface area contributed by atoms with Gasteiger partial charge in [-0.05, 0) is 0 Å². The molecule has 0 aromatic heterocycles. The average Bonchev–Trinajstić information content (AvgIpc) is 2.10. The Balaban J connectivity index is 2.70. The van der Waals surface area contributed by atoms with Crippen molar-refractivity contribution in [2.24, 2.45) is 5.73 Å². The van der Waals surface area contributed by atoms with E-state index in [4.69, 9.17) is 5.73 Å². The predicted molar refractivity (Wildman–Crippen MR) is 38.6 cm³/mol. The lowest BCUT2D eigenvalue weighted by molar-refractivity contribution is -0.113. The van der Waals surface area contributed by atoms with Crippen LogP contribution >= 0.6 is 9.39 Å². The Morgan fingerprint density at radius 2 is 2.33 bits per heavy atom. The first kappa shape index (κ1) is 6.72. The summed E-state index contributed by atoms with van der Waals surface area (Å²) in [4.78, 5) is 10.8. The Morgan fingerprint density at radius 3 is 2.56 bits per heavy atom. The van der Waals surface area contributed by atoms with Crippen LogP contribution in [0.15, 0.2) is 11.8 Å². The van der Waals surface area contributed by atoms with Crippen LogP contribution in [0.5, 0.6) is 0 Å². The van der Waals surface area contributed by atoms with Crippen molar-refractivity contribution < 1.29 is 4.79 Å². The molecule has 50 valence electrons. The largest absolute Gasteiger partial charge is 0.404 e. The molecule has 0 radical (unpaired) electrons. The molecule has 0 saturated carbocycles. The zero-order chi connectivity index (χ0) is 6.85. The molecule has 0 amide bonds. The molecule has 9 heavy (non-hydrogen) atoms. The van der Waals surface area contributed by atoms with Gasteiger partial charge in [-0.1, -0.05) is 9.39 Å². The number of hydrogen-bond acceptors (Lipinski definition) is 3. The summed E-state index contributed by atoms with van der Waals surface area (Å²) in [6, 6.07) is 0. The van der Waals surface area contributed by atoms with E-state index in [-0.39, 0.29) is 5.78 Å². The van der Waals surface area contributed by atoms with Gasteiger partial charge in [-0.15, -0.1) is 0 Å². The SMILES string of the molecule is NC=C1CN(P)CC1=O. The van der Waals surface area contributed by atoms with Crippen molar-refractivity contribution in [3.8, 4) is 0 Å². The third-order valence-corrected chi connectivity index (χ3v) is 1.64. The summed E-state index contributed by atoms with van der Waals surface area (Å²) >= 11 is 0. The zero-order valence-corrected chi connectivity index (χ0v) is 6.16. The van der Waals surface area contributed by atoms with Crippen LogP contribution in [0.1, 0.15) is 0 Å². The molecular weight excluding hydrogens is 135 g/mol. The molecule has 3 nitrogen and oxygen atoms in total. The second-order valence-electron chi connectivity index (χ2n) is 2.02. The number of hydrogen-bond donors (Lipinski definition) is 1. The molecule has 1 atom stereocenters. The number of rotatable bonds is 0. The lowest BCUT2D eigenvalue weighted by Gasteiger charge is -1.99. The zero-order valence-electron chi connectivity index (χ0n) is 5.00. The summed E-state index contributed by atoms with van der Waals surface area (Å²) in [7, 11) is 2.47. The number of nitrogens with zero attached hydrogens (tertiary/aromatic N) is 1. The molecule has 0 aromatic carbocycles. The van der Waals surface area contributed by atoms with Crippen LogP contribution in [0, 0.1) is 0 Å². The minimum absolute atomic E-state index is 0.132. The quantitative estimate of drug-likeness (QED) is 0.368. The Kier molecular flexibility index (Phi) is 1.84. The van der Waals surface area contributed by atoms with Crippen molar-refractivity contribution in [2.45, 2.75) is 0 Å². The second kappa shape index (κ2) is 2.46. The molecule has 1 rings (SSSR count). The third kappa shape index (κ3) is 1.29. The molecule has 1 saturated heterocycles. The molecule has 1 heterocycles.